The summed E-state index contributed by atoms with van der Waals surface area (Å²) in [4.78, 5) is 4.13. The van der Waals surface area contributed by atoms with E-state index in [4.69, 9.17) is 22.9 Å². The first-order valence-electron chi connectivity index (χ1n) is 5.30. The van der Waals surface area contributed by atoms with E-state index in [0.29, 0.717) is 22.7 Å². The smallest absolute Gasteiger partial charge is 0.0815 e. The molecule has 2 aromatic carbocycles. The van der Waals surface area contributed by atoms with Gasteiger partial charge in [0.2, 0.25) is 0 Å². The lowest BCUT2D eigenvalue weighted by Gasteiger charge is -2.23. The highest BCUT2D eigenvalue weighted by molar-refractivity contribution is 8.05. The normalized spacial score (nSPS) is 12.9. The first-order valence-corrected chi connectivity index (χ1v) is 6.93. The van der Waals surface area contributed by atoms with Crippen molar-refractivity contribution in [3.8, 4) is 0 Å². The van der Waals surface area contributed by atoms with Gasteiger partial charge in [0.15, 0.2) is 0 Å². The number of nitrogen functional groups attached to an aromatic ring is 4. The first-order chi connectivity index (χ1) is 8.59. The first kappa shape index (κ1) is 11.4. The summed E-state index contributed by atoms with van der Waals surface area (Å²) in [7, 11) is 0. The number of hydrogen-bond acceptors (Lipinski definition) is 6. The highest BCUT2D eigenvalue weighted by Gasteiger charge is 2.24. The van der Waals surface area contributed by atoms with Gasteiger partial charge in [0.05, 0.1) is 32.5 Å². The summed E-state index contributed by atoms with van der Waals surface area (Å²) in [6.45, 7) is 0. The van der Waals surface area contributed by atoms with Gasteiger partial charge in [-0.05, 0) is 12.1 Å². The fourth-order valence-electron chi connectivity index (χ4n) is 1.82. The van der Waals surface area contributed by atoms with Crippen molar-refractivity contribution in [1.82, 2.24) is 0 Å². The minimum absolute atomic E-state index is 0.374. The predicted octanol–water partition coefficient (Wildman–Crippen LogP) is 2.63. The van der Waals surface area contributed by atoms with Crippen LogP contribution in [0.25, 0.3) is 0 Å². The maximum atomic E-state index is 6.04. The fourth-order valence-corrected chi connectivity index (χ4v) is 4.24. The standard InChI is InChI=1S/C12H12N4S2/c13-7-8(14)10(16)12-11(9(7)15)17-5-3-1-2-4-6(5)18-12/h1-4H,13-16H2. The molecule has 8 N–H and O–H groups in total. The number of fused-ring (bicyclic) bond motifs is 2. The largest absolute Gasteiger partial charge is 0.396 e. The van der Waals surface area contributed by atoms with Crippen LogP contribution in [-0.4, -0.2) is 0 Å². The Hall–Kier alpha value is -1.66. The van der Waals surface area contributed by atoms with E-state index in [-0.39, 0.29) is 0 Å². The summed E-state index contributed by atoms with van der Waals surface area (Å²) in [5.41, 5.74) is 25.6. The number of rotatable bonds is 0. The molecule has 0 bridgehead atoms. The Bertz CT molecular complexity index is 599. The molecule has 3 rings (SSSR count). The van der Waals surface area contributed by atoms with E-state index in [9.17, 15) is 0 Å². The van der Waals surface area contributed by atoms with Gasteiger partial charge in [-0.25, -0.2) is 0 Å². The minimum atomic E-state index is 0.374. The van der Waals surface area contributed by atoms with Crippen LogP contribution in [0.2, 0.25) is 0 Å². The second-order valence-electron chi connectivity index (χ2n) is 3.96. The second kappa shape index (κ2) is 3.93. The molecule has 0 aliphatic carbocycles. The third-order valence-electron chi connectivity index (χ3n) is 2.84. The molecule has 6 heteroatoms. The van der Waals surface area contributed by atoms with Crippen LogP contribution >= 0.6 is 23.5 Å². The average Bonchev–Trinajstić information content (AvgIpc) is 2.41. The van der Waals surface area contributed by atoms with E-state index < -0.39 is 0 Å². The maximum Gasteiger partial charge on any atom is 0.0815 e. The van der Waals surface area contributed by atoms with Crippen molar-refractivity contribution in [2.45, 2.75) is 19.6 Å². The molecule has 0 fully saturated rings. The van der Waals surface area contributed by atoms with Crippen molar-refractivity contribution in [2.75, 3.05) is 22.9 Å². The van der Waals surface area contributed by atoms with Crippen LogP contribution < -0.4 is 22.9 Å². The number of hydrogen-bond donors (Lipinski definition) is 4. The van der Waals surface area contributed by atoms with Crippen LogP contribution in [0.15, 0.2) is 43.8 Å². The molecule has 0 radical (unpaired) electrons. The average molecular weight is 276 g/mol. The van der Waals surface area contributed by atoms with Crippen LogP contribution in [-0.2, 0) is 0 Å². The summed E-state index contributed by atoms with van der Waals surface area (Å²) in [6.07, 6.45) is 0. The number of nitrogens with two attached hydrogens (primary N) is 4. The molecule has 2 aromatic rings. The lowest BCUT2D eigenvalue weighted by Crippen LogP contribution is -2.08. The second-order valence-corrected chi connectivity index (χ2v) is 6.07. The molecule has 0 atom stereocenters. The van der Waals surface area contributed by atoms with Gasteiger partial charge in [0, 0.05) is 9.79 Å². The van der Waals surface area contributed by atoms with Crippen LogP contribution in [0.1, 0.15) is 0 Å². The van der Waals surface area contributed by atoms with E-state index in [2.05, 4.69) is 12.1 Å². The van der Waals surface area contributed by atoms with Gasteiger partial charge in [-0.15, -0.1) is 0 Å². The van der Waals surface area contributed by atoms with Gasteiger partial charge in [-0.2, -0.15) is 0 Å². The van der Waals surface area contributed by atoms with Gasteiger partial charge in [0.1, 0.15) is 0 Å². The molecule has 0 saturated heterocycles. The molecule has 1 heterocycles. The highest BCUT2D eigenvalue weighted by atomic mass is 32.2. The van der Waals surface area contributed by atoms with Gasteiger partial charge < -0.3 is 22.9 Å². The third-order valence-corrected chi connectivity index (χ3v) is 5.51. The number of anilines is 4. The quantitative estimate of drug-likeness (QED) is 0.471. The molecule has 0 aromatic heterocycles. The van der Waals surface area contributed by atoms with Crippen LogP contribution in [0, 0.1) is 0 Å². The van der Waals surface area contributed by atoms with Crippen LogP contribution in [0.5, 0.6) is 0 Å². The Kier molecular flexibility index (Phi) is 2.49. The van der Waals surface area contributed by atoms with E-state index in [1.807, 2.05) is 12.1 Å². The monoisotopic (exact) mass is 276 g/mol. The molecular formula is C12H12N4S2. The lowest BCUT2D eigenvalue weighted by molar-refractivity contribution is 1.17. The Morgan fingerprint density at radius 3 is 1.39 bits per heavy atom. The van der Waals surface area contributed by atoms with Crippen molar-refractivity contribution in [2.24, 2.45) is 0 Å². The maximum absolute atomic E-state index is 6.04. The zero-order valence-corrected chi connectivity index (χ0v) is 11.1. The zero-order chi connectivity index (χ0) is 12.9. The van der Waals surface area contributed by atoms with Crippen molar-refractivity contribution < 1.29 is 0 Å². The third kappa shape index (κ3) is 1.49. The Morgan fingerprint density at radius 1 is 0.611 bits per heavy atom. The molecule has 1 aliphatic rings. The van der Waals surface area contributed by atoms with Crippen molar-refractivity contribution in [3.63, 3.8) is 0 Å². The lowest BCUT2D eigenvalue weighted by atomic mass is 10.2. The van der Waals surface area contributed by atoms with Gasteiger partial charge in [0.25, 0.3) is 0 Å². The summed E-state index contributed by atoms with van der Waals surface area (Å²) in [5, 5.41) is 0. The summed E-state index contributed by atoms with van der Waals surface area (Å²) < 4.78 is 0. The van der Waals surface area contributed by atoms with Gasteiger partial charge >= 0.3 is 0 Å². The van der Waals surface area contributed by atoms with Crippen molar-refractivity contribution in [3.05, 3.63) is 24.3 Å². The van der Waals surface area contributed by atoms with E-state index >= 15 is 0 Å². The summed E-state index contributed by atoms with van der Waals surface area (Å²) >= 11 is 3.17. The zero-order valence-electron chi connectivity index (χ0n) is 9.44. The summed E-state index contributed by atoms with van der Waals surface area (Å²) in [6, 6.07) is 8.10. The molecule has 18 heavy (non-hydrogen) atoms. The van der Waals surface area contributed by atoms with Crippen molar-refractivity contribution >= 4 is 46.3 Å². The van der Waals surface area contributed by atoms with E-state index in [0.717, 1.165) is 19.6 Å². The molecular weight excluding hydrogens is 264 g/mol. The minimum Gasteiger partial charge on any atom is -0.396 e. The molecule has 0 amide bonds. The van der Waals surface area contributed by atoms with E-state index in [1.165, 1.54) is 0 Å². The predicted molar refractivity (Wildman–Crippen MR) is 78.8 cm³/mol. The van der Waals surface area contributed by atoms with Crippen LogP contribution in [0.3, 0.4) is 0 Å². The molecule has 0 saturated carbocycles. The van der Waals surface area contributed by atoms with Crippen LogP contribution in [0.4, 0.5) is 22.7 Å². The molecule has 92 valence electrons. The topological polar surface area (TPSA) is 104 Å². The Morgan fingerprint density at radius 2 is 1.00 bits per heavy atom. The molecule has 0 spiro atoms. The van der Waals surface area contributed by atoms with Crippen molar-refractivity contribution in [1.29, 1.82) is 0 Å². The SMILES string of the molecule is Nc1c(N)c(N)c2c(c1N)Sc1ccccc1S2. The Balaban J connectivity index is 2.25. The molecule has 0 unspecified atom stereocenters. The highest BCUT2D eigenvalue weighted by Crippen LogP contribution is 2.55. The molecule has 1 aliphatic heterocycles. The molecule has 4 nitrogen and oxygen atoms in total. The summed E-state index contributed by atoms with van der Waals surface area (Å²) in [5.74, 6) is 0. The van der Waals surface area contributed by atoms with E-state index in [1.54, 1.807) is 23.5 Å². The van der Waals surface area contributed by atoms with Gasteiger partial charge in [-0.3, -0.25) is 0 Å². The van der Waals surface area contributed by atoms with Gasteiger partial charge in [-0.1, -0.05) is 35.7 Å². The Labute approximate surface area is 113 Å². The number of benzene rings is 2. The fraction of sp³-hybridized carbons (Fsp3) is 0.